The van der Waals surface area contributed by atoms with Crippen LogP contribution in [0, 0.1) is 21.4 Å². The lowest BCUT2D eigenvalue weighted by Gasteiger charge is -2.10. The number of benzene rings is 1. The van der Waals surface area contributed by atoms with Gasteiger partial charge in [0.15, 0.2) is 0 Å². The highest BCUT2D eigenvalue weighted by atomic mass is 19.3. The maximum absolute atomic E-state index is 12.9. The molecule has 0 spiro atoms. The molecular weight excluding hydrogens is 274 g/mol. The first kappa shape index (κ1) is 15.5. The van der Waals surface area contributed by atoms with Crippen LogP contribution < -0.4 is 0 Å². The van der Waals surface area contributed by atoms with E-state index in [0.717, 1.165) is 12.1 Å². The van der Waals surface area contributed by atoms with Gasteiger partial charge in [-0.1, -0.05) is 6.07 Å². The molecule has 8 heteroatoms. The van der Waals surface area contributed by atoms with Gasteiger partial charge in [0.25, 0.3) is 12.1 Å². The quantitative estimate of drug-likeness (QED) is 0.470. The van der Waals surface area contributed by atoms with Gasteiger partial charge in [0.2, 0.25) is 0 Å². The number of nitrogens with zero attached hydrogens (tertiary/aromatic N) is 2. The summed E-state index contributed by atoms with van der Waals surface area (Å²) in [5, 5.41) is 19.8. The minimum Gasteiger partial charge on any atom is -0.466 e. The number of nitro benzene ring substituents is 1. The molecule has 6 nitrogen and oxygen atoms in total. The Morgan fingerprint density at radius 3 is 2.65 bits per heavy atom. The third kappa shape index (κ3) is 3.26. The third-order valence-corrected chi connectivity index (χ3v) is 2.48. The number of nitro groups is 1. The highest BCUT2D eigenvalue weighted by Gasteiger charge is 2.28. The van der Waals surface area contributed by atoms with E-state index in [1.165, 1.54) is 6.92 Å². The average Bonchev–Trinajstić information content (AvgIpc) is 2.37. The lowest BCUT2D eigenvalue weighted by molar-refractivity contribution is -0.385. The number of carbonyl (C=O) groups is 1. The number of halogens is 2. The Balaban J connectivity index is 3.45. The summed E-state index contributed by atoms with van der Waals surface area (Å²) in [5.41, 5.74) is -2.29. The summed E-state index contributed by atoms with van der Waals surface area (Å²) in [4.78, 5) is 21.4. The zero-order chi connectivity index (χ0) is 15.3. The van der Waals surface area contributed by atoms with Gasteiger partial charge in [-0.2, -0.15) is 5.26 Å². The zero-order valence-corrected chi connectivity index (χ0v) is 10.4. The number of hydrogen-bond donors (Lipinski definition) is 0. The molecule has 0 heterocycles. The van der Waals surface area contributed by atoms with Crippen LogP contribution in [0.25, 0.3) is 0 Å². The standard InChI is InChI=1S/C12H10F2N2O4/c1-2-20-10(17)5-9-8(12(13)14)4-3-7(6-15)11(9)16(18)19/h3-4,12H,2,5H2,1H3. The summed E-state index contributed by atoms with van der Waals surface area (Å²) in [6.45, 7) is 1.54. The molecule has 0 fully saturated rings. The van der Waals surface area contributed by atoms with Crippen molar-refractivity contribution in [2.24, 2.45) is 0 Å². The molecule has 0 unspecified atom stereocenters. The monoisotopic (exact) mass is 284 g/mol. The zero-order valence-electron chi connectivity index (χ0n) is 10.4. The van der Waals surface area contributed by atoms with Crippen molar-refractivity contribution in [1.82, 2.24) is 0 Å². The maximum atomic E-state index is 12.9. The fourth-order valence-corrected chi connectivity index (χ4v) is 1.70. The van der Waals surface area contributed by atoms with E-state index in [1.54, 1.807) is 6.07 Å². The molecule has 0 N–H and O–H groups in total. The number of hydrogen-bond acceptors (Lipinski definition) is 5. The van der Waals surface area contributed by atoms with Crippen molar-refractivity contribution >= 4 is 11.7 Å². The summed E-state index contributed by atoms with van der Waals surface area (Å²) in [6.07, 6.45) is -3.68. The molecule has 106 valence electrons. The highest BCUT2D eigenvalue weighted by molar-refractivity contribution is 5.76. The molecule has 0 aliphatic heterocycles. The van der Waals surface area contributed by atoms with Gasteiger partial charge in [0.1, 0.15) is 11.6 Å². The second-order valence-corrected chi connectivity index (χ2v) is 3.68. The van der Waals surface area contributed by atoms with Crippen LogP contribution in [0.3, 0.4) is 0 Å². The summed E-state index contributed by atoms with van der Waals surface area (Å²) >= 11 is 0. The molecule has 0 atom stereocenters. The average molecular weight is 284 g/mol. The molecule has 1 rings (SSSR count). The van der Waals surface area contributed by atoms with Crippen molar-refractivity contribution in [2.75, 3.05) is 6.61 Å². The maximum Gasteiger partial charge on any atom is 0.310 e. The third-order valence-electron chi connectivity index (χ3n) is 2.48. The SMILES string of the molecule is CCOC(=O)Cc1c(C(F)F)ccc(C#N)c1[N+](=O)[O-]. The Morgan fingerprint density at radius 1 is 1.55 bits per heavy atom. The molecule has 0 aliphatic carbocycles. The molecule has 0 saturated carbocycles. The Morgan fingerprint density at radius 2 is 2.20 bits per heavy atom. The first-order chi connectivity index (χ1) is 9.42. The number of esters is 1. The molecule has 20 heavy (non-hydrogen) atoms. The van der Waals surface area contributed by atoms with Gasteiger partial charge in [0.05, 0.1) is 23.5 Å². The summed E-state index contributed by atoms with van der Waals surface area (Å²) < 4.78 is 30.4. The minimum atomic E-state index is -2.99. The summed E-state index contributed by atoms with van der Waals surface area (Å²) in [5.74, 6) is -0.868. The first-order valence-electron chi connectivity index (χ1n) is 5.56. The Hall–Kier alpha value is -2.56. The van der Waals surface area contributed by atoms with E-state index in [0.29, 0.717) is 0 Å². The Bertz CT molecular complexity index is 582. The largest absolute Gasteiger partial charge is 0.466 e. The van der Waals surface area contributed by atoms with Crippen LogP contribution in [0.4, 0.5) is 14.5 Å². The Labute approximate surface area is 112 Å². The molecule has 0 saturated heterocycles. The molecule has 0 aromatic heterocycles. The Kier molecular flexibility index (Phi) is 5.08. The fraction of sp³-hybridized carbons (Fsp3) is 0.333. The van der Waals surface area contributed by atoms with Crippen LogP contribution in [-0.2, 0) is 16.0 Å². The van der Waals surface area contributed by atoms with Crippen LogP contribution in [0.1, 0.15) is 30.0 Å². The molecule has 0 aliphatic rings. The molecule has 0 bridgehead atoms. The summed E-state index contributed by atoms with van der Waals surface area (Å²) in [6, 6.07) is 3.40. The predicted octanol–water partition coefficient (Wildman–Crippen LogP) is 2.51. The summed E-state index contributed by atoms with van der Waals surface area (Å²) in [7, 11) is 0. The number of alkyl halides is 2. The van der Waals surface area contributed by atoms with Crippen molar-refractivity contribution in [3.63, 3.8) is 0 Å². The fourth-order valence-electron chi connectivity index (χ4n) is 1.70. The molecular formula is C12H10F2N2O4. The highest BCUT2D eigenvalue weighted by Crippen LogP contribution is 2.33. The van der Waals surface area contributed by atoms with E-state index in [9.17, 15) is 23.7 Å². The van der Waals surface area contributed by atoms with Gasteiger partial charge in [-0.05, 0) is 13.0 Å². The van der Waals surface area contributed by atoms with Crippen molar-refractivity contribution in [2.45, 2.75) is 19.8 Å². The van der Waals surface area contributed by atoms with Crippen LogP contribution in [0.2, 0.25) is 0 Å². The second-order valence-electron chi connectivity index (χ2n) is 3.68. The van der Waals surface area contributed by atoms with E-state index in [2.05, 4.69) is 4.74 Å². The van der Waals surface area contributed by atoms with Crippen LogP contribution in [0.15, 0.2) is 12.1 Å². The topological polar surface area (TPSA) is 93.2 Å². The van der Waals surface area contributed by atoms with Gasteiger partial charge in [-0.3, -0.25) is 14.9 Å². The van der Waals surface area contributed by atoms with Gasteiger partial charge < -0.3 is 4.74 Å². The second kappa shape index (κ2) is 6.56. The smallest absolute Gasteiger partial charge is 0.310 e. The number of nitriles is 1. The van der Waals surface area contributed by atoms with E-state index < -0.39 is 40.6 Å². The number of rotatable bonds is 5. The molecule has 1 aromatic rings. The van der Waals surface area contributed by atoms with Crippen LogP contribution in [0.5, 0.6) is 0 Å². The van der Waals surface area contributed by atoms with E-state index in [-0.39, 0.29) is 12.2 Å². The lowest BCUT2D eigenvalue weighted by atomic mass is 9.99. The predicted molar refractivity (Wildman–Crippen MR) is 63.1 cm³/mol. The van der Waals surface area contributed by atoms with E-state index in [4.69, 9.17) is 5.26 Å². The number of ether oxygens (including phenoxy) is 1. The first-order valence-corrected chi connectivity index (χ1v) is 5.56. The van der Waals surface area contributed by atoms with Gasteiger partial charge in [0, 0.05) is 5.56 Å². The van der Waals surface area contributed by atoms with Gasteiger partial charge >= 0.3 is 5.97 Å². The van der Waals surface area contributed by atoms with Crippen LogP contribution in [-0.4, -0.2) is 17.5 Å². The van der Waals surface area contributed by atoms with Crippen molar-refractivity contribution < 1.29 is 23.2 Å². The van der Waals surface area contributed by atoms with Crippen molar-refractivity contribution in [3.05, 3.63) is 38.9 Å². The molecule has 0 amide bonds. The van der Waals surface area contributed by atoms with E-state index in [1.807, 2.05) is 0 Å². The molecule has 0 radical (unpaired) electrons. The normalized spacial score (nSPS) is 10.2. The lowest BCUT2D eigenvalue weighted by Crippen LogP contribution is -2.12. The van der Waals surface area contributed by atoms with Gasteiger partial charge in [-0.15, -0.1) is 0 Å². The van der Waals surface area contributed by atoms with Crippen molar-refractivity contribution in [3.8, 4) is 6.07 Å². The van der Waals surface area contributed by atoms with Crippen LogP contribution >= 0.6 is 0 Å². The number of carbonyl (C=O) groups excluding carboxylic acids is 1. The van der Waals surface area contributed by atoms with Crippen molar-refractivity contribution in [1.29, 1.82) is 5.26 Å². The minimum absolute atomic E-state index is 0.0224. The van der Waals surface area contributed by atoms with E-state index >= 15 is 0 Å². The van der Waals surface area contributed by atoms with Gasteiger partial charge in [-0.25, -0.2) is 8.78 Å². The molecule has 1 aromatic carbocycles.